The predicted molar refractivity (Wildman–Crippen MR) is 83.5 cm³/mol. The zero-order chi connectivity index (χ0) is 15.6. The standard InChI is InChI=1S/C16H22N2O3/c1-10(19)7-11-5-6-13-12(8-11)14(9-17-13)18-15(20)21-16(2,3)4/h5-6,8-10,17,19H,7H2,1-4H3,(H,18,20). The van der Waals surface area contributed by atoms with E-state index in [4.69, 9.17) is 4.74 Å². The number of hydrogen-bond donors (Lipinski definition) is 3. The fraction of sp³-hybridized carbons (Fsp3) is 0.438. The van der Waals surface area contributed by atoms with Crippen molar-refractivity contribution in [2.45, 2.75) is 45.8 Å². The van der Waals surface area contributed by atoms with Crippen molar-refractivity contribution >= 4 is 22.7 Å². The molecular formula is C16H22N2O3. The molecular weight excluding hydrogens is 268 g/mol. The number of rotatable bonds is 3. The van der Waals surface area contributed by atoms with Crippen molar-refractivity contribution in [3.63, 3.8) is 0 Å². The molecule has 1 aromatic heterocycles. The smallest absolute Gasteiger partial charge is 0.412 e. The quantitative estimate of drug-likeness (QED) is 0.810. The van der Waals surface area contributed by atoms with Gasteiger partial charge in [0.2, 0.25) is 0 Å². The van der Waals surface area contributed by atoms with E-state index in [1.807, 2.05) is 39.0 Å². The highest BCUT2D eigenvalue weighted by molar-refractivity contribution is 5.99. The van der Waals surface area contributed by atoms with E-state index in [2.05, 4.69) is 10.3 Å². The lowest BCUT2D eigenvalue weighted by atomic mass is 10.1. The number of carbonyl (C=O) groups excluding carboxylic acids is 1. The number of fused-ring (bicyclic) bond motifs is 1. The highest BCUT2D eigenvalue weighted by atomic mass is 16.6. The van der Waals surface area contributed by atoms with E-state index in [0.29, 0.717) is 12.1 Å². The molecule has 0 saturated carbocycles. The van der Waals surface area contributed by atoms with Crippen LogP contribution in [0.1, 0.15) is 33.3 Å². The Hall–Kier alpha value is -2.01. The number of anilines is 1. The summed E-state index contributed by atoms with van der Waals surface area (Å²) in [7, 11) is 0. The largest absolute Gasteiger partial charge is 0.444 e. The highest BCUT2D eigenvalue weighted by Crippen LogP contribution is 2.25. The number of aromatic amines is 1. The lowest BCUT2D eigenvalue weighted by molar-refractivity contribution is 0.0636. The number of aromatic nitrogens is 1. The minimum absolute atomic E-state index is 0.399. The number of carbonyl (C=O) groups is 1. The molecule has 1 atom stereocenters. The van der Waals surface area contributed by atoms with Gasteiger partial charge in [0.25, 0.3) is 0 Å². The van der Waals surface area contributed by atoms with Crippen LogP contribution in [-0.4, -0.2) is 27.9 Å². The van der Waals surface area contributed by atoms with Gasteiger partial charge in [-0.2, -0.15) is 0 Å². The second kappa shape index (κ2) is 5.77. The lowest BCUT2D eigenvalue weighted by Gasteiger charge is -2.19. The maximum atomic E-state index is 11.8. The van der Waals surface area contributed by atoms with Gasteiger partial charge in [-0.15, -0.1) is 0 Å². The minimum atomic E-state index is -0.534. The fourth-order valence-corrected chi connectivity index (χ4v) is 2.15. The molecule has 5 heteroatoms. The van der Waals surface area contributed by atoms with Crippen LogP contribution in [0.3, 0.4) is 0 Å². The Balaban J connectivity index is 2.22. The molecule has 0 saturated heterocycles. The Morgan fingerprint density at radius 1 is 1.43 bits per heavy atom. The summed E-state index contributed by atoms with van der Waals surface area (Å²) in [6.07, 6.45) is 1.43. The molecule has 0 aliphatic heterocycles. The maximum Gasteiger partial charge on any atom is 0.412 e. The molecule has 0 spiro atoms. The minimum Gasteiger partial charge on any atom is -0.444 e. The number of nitrogens with one attached hydrogen (secondary N) is 2. The predicted octanol–water partition coefficient (Wildman–Crippen LogP) is 3.44. The van der Waals surface area contributed by atoms with Gasteiger partial charge >= 0.3 is 6.09 Å². The van der Waals surface area contributed by atoms with Crippen molar-refractivity contribution in [3.05, 3.63) is 30.0 Å². The average Bonchev–Trinajstić information content (AvgIpc) is 2.68. The van der Waals surface area contributed by atoms with Crippen molar-refractivity contribution in [1.82, 2.24) is 4.98 Å². The van der Waals surface area contributed by atoms with Crippen LogP contribution in [0.4, 0.5) is 10.5 Å². The van der Waals surface area contributed by atoms with E-state index in [0.717, 1.165) is 16.5 Å². The topological polar surface area (TPSA) is 74.4 Å². The summed E-state index contributed by atoms with van der Waals surface area (Å²) >= 11 is 0. The zero-order valence-corrected chi connectivity index (χ0v) is 12.9. The number of aliphatic hydroxyl groups excluding tert-OH is 1. The number of H-pyrrole nitrogens is 1. The van der Waals surface area contributed by atoms with E-state index in [9.17, 15) is 9.90 Å². The van der Waals surface area contributed by atoms with E-state index in [-0.39, 0.29) is 0 Å². The van der Waals surface area contributed by atoms with Crippen molar-refractivity contribution in [2.75, 3.05) is 5.32 Å². The lowest BCUT2D eigenvalue weighted by Crippen LogP contribution is -2.27. The molecule has 2 aromatic rings. The summed E-state index contributed by atoms with van der Waals surface area (Å²) in [4.78, 5) is 14.9. The van der Waals surface area contributed by atoms with Crippen molar-refractivity contribution in [3.8, 4) is 0 Å². The van der Waals surface area contributed by atoms with Crippen LogP contribution in [0.15, 0.2) is 24.4 Å². The summed E-state index contributed by atoms with van der Waals surface area (Å²) in [5, 5.41) is 13.1. The third-order valence-corrected chi connectivity index (χ3v) is 2.91. The molecule has 1 amide bonds. The Kier molecular flexibility index (Phi) is 4.23. The van der Waals surface area contributed by atoms with Crippen LogP contribution >= 0.6 is 0 Å². The van der Waals surface area contributed by atoms with Gasteiger partial charge in [0.15, 0.2) is 0 Å². The summed E-state index contributed by atoms with van der Waals surface area (Å²) in [6.45, 7) is 7.22. The second-order valence-corrected chi connectivity index (χ2v) is 6.26. The van der Waals surface area contributed by atoms with Gasteiger partial charge in [0, 0.05) is 17.1 Å². The van der Waals surface area contributed by atoms with Crippen LogP contribution in [0, 0.1) is 0 Å². The summed E-state index contributed by atoms with van der Waals surface area (Å²) in [6, 6.07) is 5.86. The first-order chi connectivity index (χ1) is 9.74. The molecule has 1 aromatic carbocycles. The Bertz CT molecular complexity index is 638. The molecule has 114 valence electrons. The van der Waals surface area contributed by atoms with Crippen molar-refractivity contribution in [1.29, 1.82) is 0 Å². The van der Waals surface area contributed by atoms with Crippen LogP contribution in [0.25, 0.3) is 10.9 Å². The maximum absolute atomic E-state index is 11.8. The molecule has 21 heavy (non-hydrogen) atoms. The van der Waals surface area contributed by atoms with Gasteiger partial charge in [0.1, 0.15) is 5.60 Å². The van der Waals surface area contributed by atoms with Crippen LogP contribution in [0.2, 0.25) is 0 Å². The number of hydrogen-bond acceptors (Lipinski definition) is 3. The number of ether oxygens (including phenoxy) is 1. The Morgan fingerprint density at radius 2 is 2.14 bits per heavy atom. The van der Waals surface area contributed by atoms with Crippen molar-refractivity contribution in [2.24, 2.45) is 0 Å². The van der Waals surface area contributed by atoms with Gasteiger partial charge in [-0.05, 0) is 51.8 Å². The average molecular weight is 290 g/mol. The first-order valence-electron chi connectivity index (χ1n) is 7.03. The molecule has 0 radical (unpaired) electrons. The van der Waals surface area contributed by atoms with Crippen LogP contribution in [0.5, 0.6) is 0 Å². The second-order valence-electron chi connectivity index (χ2n) is 6.26. The Labute approximate surface area is 124 Å². The monoisotopic (exact) mass is 290 g/mol. The summed E-state index contributed by atoms with van der Waals surface area (Å²) < 4.78 is 5.25. The molecule has 5 nitrogen and oxygen atoms in total. The van der Waals surface area contributed by atoms with Gasteiger partial charge in [-0.25, -0.2) is 4.79 Å². The third-order valence-electron chi connectivity index (χ3n) is 2.91. The molecule has 0 aliphatic rings. The summed E-state index contributed by atoms with van der Waals surface area (Å²) in [5.74, 6) is 0. The van der Waals surface area contributed by atoms with Gasteiger partial charge in [-0.3, -0.25) is 5.32 Å². The van der Waals surface area contributed by atoms with Crippen LogP contribution < -0.4 is 5.32 Å². The SMILES string of the molecule is CC(O)Cc1ccc2[nH]cc(NC(=O)OC(C)(C)C)c2c1. The van der Waals surface area contributed by atoms with Gasteiger partial charge in [0.05, 0.1) is 11.8 Å². The first kappa shape index (κ1) is 15.4. The van der Waals surface area contributed by atoms with Gasteiger partial charge in [-0.1, -0.05) is 6.07 Å². The number of amides is 1. The molecule has 0 aliphatic carbocycles. The molecule has 3 N–H and O–H groups in total. The molecule has 0 fully saturated rings. The molecule has 1 unspecified atom stereocenters. The molecule has 1 heterocycles. The van der Waals surface area contributed by atoms with Crippen LogP contribution in [-0.2, 0) is 11.2 Å². The molecule has 0 bridgehead atoms. The van der Waals surface area contributed by atoms with Gasteiger partial charge < -0.3 is 14.8 Å². The highest BCUT2D eigenvalue weighted by Gasteiger charge is 2.17. The van der Waals surface area contributed by atoms with E-state index in [1.165, 1.54) is 0 Å². The fourth-order valence-electron chi connectivity index (χ4n) is 2.15. The van der Waals surface area contributed by atoms with E-state index >= 15 is 0 Å². The summed E-state index contributed by atoms with van der Waals surface area (Å²) in [5.41, 5.74) is 2.08. The van der Waals surface area contributed by atoms with E-state index in [1.54, 1.807) is 13.1 Å². The Morgan fingerprint density at radius 3 is 2.76 bits per heavy atom. The molecule has 2 rings (SSSR count). The zero-order valence-electron chi connectivity index (χ0n) is 12.9. The number of aliphatic hydroxyl groups is 1. The first-order valence-corrected chi connectivity index (χ1v) is 7.03. The van der Waals surface area contributed by atoms with Crippen molar-refractivity contribution < 1.29 is 14.6 Å². The third kappa shape index (κ3) is 4.23. The normalized spacial score (nSPS) is 13.2. The number of benzene rings is 1. The van der Waals surface area contributed by atoms with E-state index < -0.39 is 17.8 Å².